The average Bonchev–Trinajstić information content (AvgIpc) is 3.77. The molecule has 3 aromatic heterocycles. The van der Waals surface area contributed by atoms with Gasteiger partial charge in [-0.3, -0.25) is 0 Å². The van der Waals surface area contributed by atoms with Crippen LogP contribution in [-0.4, -0.2) is 4.57 Å². The molecule has 0 N–H and O–H groups in total. The maximum absolute atomic E-state index is 6.54. The first-order valence-corrected chi connectivity index (χ1v) is 15.3. The molecule has 7 aromatic carbocycles. The molecule has 0 bridgehead atoms. The number of hydrogen-bond donors (Lipinski definition) is 0. The monoisotopic (exact) mass is 575 g/mol. The summed E-state index contributed by atoms with van der Waals surface area (Å²) in [4.78, 5) is 0. The van der Waals surface area contributed by atoms with Crippen molar-refractivity contribution in [2.24, 2.45) is 0 Å². The van der Waals surface area contributed by atoms with Gasteiger partial charge < -0.3 is 13.4 Å². The van der Waals surface area contributed by atoms with Gasteiger partial charge in [-0.05, 0) is 53.6 Å². The minimum atomic E-state index is 0.894. The Labute approximate surface area is 258 Å². The van der Waals surface area contributed by atoms with Crippen molar-refractivity contribution in [3.05, 3.63) is 152 Å². The molecule has 3 heterocycles. The van der Waals surface area contributed by atoms with Gasteiger partial charge in [-0.1, -0.05) is 109 Å². The van der Waals surface area contributed by atoms with Gasteiger partial charge in [-0.2, -0.15) is 0 Å². The summed E-state index contributed by atoms with van der Waals surface area (Å²) in [5.74, 6) is 0. The fraction of sp³-hybridized carbons (Fsp3) is 0. The van der Waals surface area contributed by atoms with Gasteiger partial charge in [-0.25, -0.2) is 0 Å². The SMILES string of the molecule is c1ccc2c(c1)oc1c(-c3cc(-c4cccc5c4oc4ccccc45)cc(-n4c5ccccc5c5ccccc54)c3)cccc12. The van der Waals surface area contributed by atoms with Crippen LogP contribution < -0.4 is 0 Å². The van der Waals surface area contributed by atoms with Gasteiger partial charge in [0.2, 0.25) is 0 Å². The van der Waals surface area contributed by atoms with Crippen LogP contribution in [0.25, 0.3) is 93.6 Å². The fourth-order valence-electron chi connectivity index (χ4n) is 7.20. The zero-order chi connectivity index (χ0) is 29.5. The second kappa shape index (κ2) is 9.22. The molecule has 210 valence electrons. The highest BCUT2D eigenvalue weighted by atomic mass is 16.3. The van der Waals surface area contributed by atoms with Crippen LogP contribution in [0.2, 0.25) is 0 Å². The highest BCUT2D eigenvalue weighted by Gasteiger charge is 2.19. The summed E-state index contributed by atoms with van der Waals surface area (Å²) in [6, 6.07) is 53.6. The molecule has 0 saturated heterocycles. The summed E-state index contributed by atoms with van der Waals surface area (Å²) in [5.41, 5.74) is 11.3. The first kappa shape index (κ1) is 24.4. The first-order chi connectivity index (χ1) is 22.3. The Morgan fingerprint density at radius 3 is 1.29 bits per heavy atom. The van der Waals surface area contributed by atoms with Crippen LogP contribution in [-0.2, 0) is 0 Å². The van der Waals surface area contributed by atoms with Crippen LogP contribution >= 0.6 is 0 Å². The third-order valence-electron chi connectivity index (χ3n) is 9.19. The van der Waals surface area contributed by atoms with Crippen LogP contribution in [0, 0.1) is 0 Å². The maximum atomic E-state index is 6.54. The number of fused-ring (bicyclic) bond motifs is 9. The van der Waals surface area contributed by atoms with Gasteiger partial charge in [0.1, 0.15) is 22.3 Å². The number of rotatable bonds is 3. The molecule has 0 amide bonds. The van der Waals surface area contributed by atoms with Crippen LogP contribution in [0.3, 0.4) is 0 Å². The van der Waals surface area contributed by atoms with E-state index in [-0.39, 0.29) is 0 Å². The Balaban J connectivity index is 1.32. The molecule has 0 unspecified atom stereocenters. The lowest BCUT2D eigenvalue weighted by Crippen LogP contribution is -1.96. The summed E-state index contributed by atoms with van der Waals surface area (Å²) in [7, 11) is 0. The van der Waals surface area contributed by atoms with Crippen molar-refractivity contribution >= 4 is 65.7 Å². The number of hydrogen-bond acceptors (Lipinski definition) is 2. The van der Waals surface area contributed by atoms with Gasteiger partial charge in [-0.15, -0.1) is 0 Å². The molecule has 0 saturated carbocycles. The van der Waals surface area contributed by atoms with Gasteiger partial charge in [0, 0.05) is 49.1 Å². The van der Waals surface area contributed by atoms with Crippen LogP contribution in [0.15, 0.2) is 160 Å². The lowest BCUT2D eigenvalue weighted by molar-refractivity contribution is 0.670. The molecule has 0 atom stereocenters. The highest BCUT2D eigenvalue weighted by Crippen LogP contribution is 2.42. The second-order valence-corrected chi connectivity index (χ2v) is 11.7. The molecular formula is C42H25NO2. The molecule has 10 rings (SSSR count). The van der Waals surface area contributed by atoms with E-state index in [1.54, 1.807) is 0 Å². The molecule has 3 nitrogen and oxygen atoms in total. The fourth-order valence-corrected chi connectivity index (χ4v) is 7.20. The molecule has 10 aromatic rings. The molecular weight excluding hydrogens is 550 g/mol. The van der Waals surface area contributed by atoms with E-state index >= 15 is 0 Å². The van der Waals surface area contributed by atoms with Crippen LogP contribution in [0.5, 0.6) is 0 Å². The van der Waals surface area contributed by atoms with Crippen LogP contribution in [0.1, 0.15) is 0 Å². The Hall–Kier alpha value is -6.06. The number of para-hydroxylation sites is 6. The Morgan fingerprint density at radius 1 is 0.356 bits per heavy atom. The van der Waals surface area contributed by atoms with Crippen molar-refractivity contribution in [2.45, 2.75) is 0 Å². The van der Waals surface area contributed by atoms with Crippen molar-refractivity contribution in [1.29, 1.82) is 0 Å². The van der Waals surface area contributed by atoms with Crippen LogP contribution in [0.4, 0.5) is 0 Å². The summed E-state index contributed by atoms with van der Waals surface area (Å²) in [6.45, 7) is 0. The molecule has 0 spiro atoms. The van der Waals surface area contributed by atoms with Gasteiger partial charge in [0.15, 0.2) is 0 Å². The maximum Gasteiger partial charge on any atom is 0.143 e. The zero-order valence-corrected chi connectivity index (χ0v) is 24.2. The van der Waals surface area contributed by atoms with Crippen molar-refractivity contribution in [2.75, 3.05) is 0 Å². The number of furan rings is 2. The Kier molecular flexibility index (Phi) is 5.00. The molecule has 0 radical (unpaired) electrons. The van der Waals surface area contributed by atoms with Gasteiger partial charge in [0.05, 0.1) is 11.0 Å². The van der Waals surface area contributed by atoms with E-state index in [9.17, 15) is 0 Å². The first-order valence-electron chi connectivity index (χ1n) is 15.3. The standard InChI is InChI=1S/C42H25NO2/c1-5-19-37-31(11-1)32-12-2-6-20-38(32)43(37)28-24-26(29-15-9-17-35-33-13-3-7-21-39(33)44-41(29)35)23-27(25-28)30-16-10-18-36-34-14-4-8-22-40(34)45-42(30)36/h1-25H. The zero-order valence-electron chi connectivity index (χ0n) is 24.2. The van der Waals surface area contributed by atoms with Crippen molar-refractivity contribution in [3.8, 4) is 27.9 Å². The Morgan fingerprint density at radius 2 is 0.778 bits per heavy atom. The summed E-state index contributed by atoms with van der Waals surface area (Å²) >= 11 is 0. The quantitative estimate of drug-likeness (QED) is 0.210. The number of aromatic nitrogens is 1. The van der Waals surface area contributed by atoms with Gasteiger partial charge in [0.25, 0.3) is 0 Å². The summed E-state index contributed by atoms with van der Waals surface area (Å²) in [5, 5.41) is 6.95. The van der Waals surface area contributed by atoms with E-state index in [4.69, 9.17) is 8.83 Å². The predicted molar refractivity (Wildman–Crippen MR) is 186 cm³/mol. The highest BCUT2D eigenvalue weighted by molar-refractivity contribution is 6.12. The second-order valence-electron chi connectivity index (χ2n) is 11.7. The molecule has 0 fully saturated rings. The molecule has 3 heteroatoms. The predicted octanol–water partition coefficient (Wildman–Crippen LogP) is 11.9. The van der Waals surface area contributed by atoms with E-state index in [0.29, 0.717) is 0 Å². The number of nitrogens with zero attached hydrogens (tertiary/aromatic N) is 1. The third kappa shape index (κ3) is 3.52. The molecule has 45 heavy (non-hydrogen) atoms. The average molecular weight is 576 g/mol. The van der Waals surface area contributed by atoms with Crippen molar-refractivity contribution in [1.82, 2.24) is 4.57 Å². The molecule has 0 aliphatic rings. The van der Waals surface area contributed by atoms with E-state index in [0.717, 1.165) is 71.8 Å². The minimum Gasteiger partial charge on any atom is -0.455 e. The normalized spacial score (nSPS) is 12.0. The lowest BCUT2D eigenvalue weighted by atomic mass is 9.95. The lowest BCUT2D eigenvalue weighted by Gasteiger charge is -2.14. The van der Waals surface area contributed by atoms with E-state index in [2.05, 4.69) is 132 Å². The minimum absolute atomic E-state index is 0.894. The third-order valence-corrected chi connectivity index (χ3v) is 9.19. The van der Waals surface area contributed by atoms with E-state index in [1.807, 2.05) is 24.3 Å². The van der Waals surface area contributed by atoms with Crippen molar-refractivity contribution < 1.29 is 8.83 Å². The summed E-state index contributed by atoms with van der Waals surface area (Å²) < 4.78 is 15.5. The largest absolute Gasteiger partial charge is 0.455 e. The topological polar surface area (TPSA) is 31.2 Å². The van der Waals surface area contributed by atoms with E-state index < -0.39 is 0 Å². The molecule has 0 aliphatic heterocycles. The summed E-state index contributed by atoms with van der Waals surface area (Å²) in [6.07, 6.45) is 0. The van der Waals surface area contributed by atoms with Crippen molar-refractivity contribution in [3.63, 3.8) is 0 Å². The Bertz CT molecular complexity index is 2590. The smallest absolute Gasteiger partial charge is 0.143 e. The van der Waals surface area contributed by atoms with Gasteiger partial charge >= 0.3 is 0 Å². The molecule has 0 aliphatic carbocycles. The number of benzene rings is 7. The van der Waals surface area contributed by atoms with E-state index in [1.165, 1.54) is 21.8 Å².